The van der Waals surface area contributed by atoms with Crippen LogP contribution in [0, 0.1) is 0 Å². The van der Waals surface area contributed by atoms with Crippen molar-refractivity contribution in [2.24, 2.45) is 4.99 Å². The Bertz CT molecular complexity index is 1310. The Morgan fingerprint density at radius 3 is 2.52 bits per heavy atom. The zero-order valence-electron chi connectivity index (χ0n) is 19.0. The maximum atomic E-state index is 12.6. The largest absolute Gasteiger partial charge is 0.465 e. The monoisotopic (exact) mass is 488 g/mol. The van der Waals surface area contributed by atoms with Crippen LogP contribution in [0.2, 0.25) is 0 Å². The van der Waals surface area contributed by atoms with Gasteiger partial charge in [-0.1, -0.05) is 49.4 Å². The third-order valence-corrected chi connectivity index (χ3v) is 7.95. The summed E-state index contributed by atoms with van der Waals surface area (Å²) >= 11 is 1.33. The number of carbonyl (C=O) groups is 2. The quantitative estimate of drug-likeness (QED) is 0.423. The fraction of sp³-hybridized carbons (Fsp3) is 0.375. The molecule has 0 aliphatic rings. The van der Waals surface area contributed by atoms with Gasteiger partial charge in [-0.15, -0.1) is 0 Å². The van der Waals surface area contributed by atoms with Crippen molar-refractivity contribution < 1.29 is 22.7 Å². The zero-order chi connectivity index (χ0) is 24.0. The lowest BCUT2D eigenvalue weighted by Gasteiger charge is -2.07. The SMILES string of the molecule is CCOC(=O)Cn1c(=NC(=O)CCCS(=O)(=O)c2ccccc2)sc2cc(C(C)C)ccc21. The van der Waals surface area contributed by atoms with Crippen molar-refractivity contribution in [2.45, 2.75) is 51.0 Å². The van der Waals surface area contributed by atoms with Crippen LogP contribution in [-0.2, 0) is 30.7 Å². The Balaban J connectivity index is 1.83. The molecule has 33 heavy (non-hydrogen) atoms. The van der Waals surface area contributed by atoms with Gasteiger partial charge in [0.1, 0.15) is 6.54 Å². The number of hydrogen-bond acceptors (Lipinski definition) is 6. The molecule has 1 heterocycles. The number of aromatic nitrogens is 1. The third-order valence-electron chi connectivity index (χ3n) is 5.09. The predicted octanol–water partition coefficient (Wildman–Crippen LogP) is 4.07. The lowest BCUT2D eigenvalue weighted by Crippen LogP contribution is -2.23. The van der Waals surface area contributed by atoms with E-state index in [1.807, 2.05) is 18.2 Å². The number of carbonyl (C=O) groups excluding carboxylic acids is 2. The van der Waals surface area contributed by atoms with Gasteiger partial charge in [0.25, 0.3) is 0 Å². The van der Waals surface area contributed by atoms with E-state index in [4.69, 9.17) is 4.74 Å². The van der Waals surface area contributed by atoms with Gasteiger partial charge in [0.2, 0.25) is 5.91 Å². The van der Waals surface area contributed by atoms with E-state index in [-0.39, 0.29) is 36.6 Å². The van der Waals surface area contributed by atoms with Crippen LogP contribution >= 0.6 is 11.3 Å². The number of nitrogens with zero attached hydrogens (tertiary/aromatic N) is 2. The average Bonchev–Trinajstić information content (AvgIpc) is 3.10. The van der Waals surface area contributed by atoms with E-state index in [1.54, 1.807) is 41.8 Å². The summed E-state index contributed by atoms with van der Waals surface area (Å²) in [4.78, 5) is 29.6. The first-order valence-corrected chi connectivity index (χ1v) is 13.3. The number of hydrogen-bond donors (Lipinski definition) is 0. The minimum atomic E-state index is -3.45. The summed E-state index contributed by atoms with van der Waals surface area (Å²) in [5, 5.41) is 0. The van der Waals surface area contributed by atoms with Crippen LogP contribution in [0.15, 0.2) is 58.4 Å². The van der Waals surface area contributed by atoms with Crippen molar-refractivity contribution in [3.8, 4) is 0 Å². The van der Waals surface area contributed by atoms with Gasteiger partial charge >= 0.3 is 5.97 Å². The lowest BCUT2D eigenvalue weighted by atomic mass is 10.0. The van der Waals surface area contributed by atoms with Gasteiger partial charge in [-0.3, -0.25) is 9.59 Å². The minimum Gasteiger partial charge on any atom is -0.465 e. The van der Waals surface area contributed by atoms with E-state index < -0.39 is 21.7 Å². The van der Waals surface area contributed by atoms with Crippen LogP contribution in [0.1, 0.15) is 45.1 Å². The maximum absolute atomic E-state index is 12.6. The first-order chi connectivity index (χ1) is 15.7. The van der Waals surface area contributed by atoms with Crippen molar-refractivity contribution in [3.05, 3.63) is 58.9 Å². The number of ether oxygens (including phenoxy) is 1. The molecule has 1 amide bonds. The van der Waals surface area contributed by atoms with E-state index in [1.165, 1.54) is 11.3 Å². The Morgan fingerprint density at radius 1 is 1.12 bits per heavy atom. The Morgan fingerprint density at radius 2 is 1.85 bits per heavy atom. The Labute approximate surface area is 197 Å². The fourth-order valence-electron chi connectivity index (χ4n) is 3.34. The first kappa shape index (κ1) is 24.9. The van der Waals surface area contributed by atoms with Gasteiger partial charge in [-0.2, -0.15) is 4.99 Å². The lowest BCUT2D eigenvalue weighted by molar-refractivity contribution is -0.143. The zero-order valence-corrected chi connectivity index (χ0v) is 20.6. The molecule has 176 valence electrons. The molecular weight excluding hydrogens is 460 g/mol. The smallest absolute Gasteiger partial charge is 0.326 e. The van der Waals surface area contributed by atoms with Crippen molar-refractivity contribution in [2.75, 3.05) is 12.4 Å². The molecule has 0 fully saturated rings. The summed E-state index contributed by atoms with van der Waals surface area (Å²) in [7, 11) is -3.45. The molecule has 0 bridgehead atoms. The van der Waals surface area contributed by atoms with Gasteiger partial charge < -0.3 is 9.30 Å². The molecule has 1 aromatic heterocycles. The number of thiazole rings is 1. The van der Waals surface area contributed by atoms with Crippen LogP contribution in [0.3, 0.4) is 0 Å². The van der Waals surface area contributed by atoms with Crippen molar-refractivity contribution in [1.29, 1.82) is 0 Å². The molecule has 7 nitrogen and oxygen atoms in total. The summed E-state index contributed by atoms with van der Waals surface area (Å²) in [6.07, 6.45) is 0.163. The van der Waals surface area contributed by atoms with Crippen LogP contribution in [0.25, 0.3) is 10.2 Å². The van der Waals surface area contributed by atoms with Crippen LogP contribution in [-0.4, -0.2) is 37.2 Å². The molecule has 0 atom stereocenters. The molecule has 3 aromatic rings. The molecule has 0 aliphatic carbocycles. The summed E-state index contributed by atoms with van der Waals surface area (Å²) < 4.78 is 32.5. The number of benzene rings is 2. The molecule has 0 saturated heterocycles. The van der Waals surface area contributed by atoms with Gasteiger partial charge in [0.05, 0.1) is 27.5 Å². The second-order valence-corrected chi connectivity index (χ2v) is 11.0. The van der Waals surface area contributed by atoms with Crippen molar-refractivity contribution in [3.63, 3.8) is 0 Å². The maximum Gasteiger partial charge on any atom is 0.326 e. The highest BCUT2D eigenvalue weighted by molar-refractivity contribution is 7.91. The van der Waals surface area contributed by atoms with E-state index >= 15 is 0 Å². The topological polar surface area (TPSA) is 94.8 Å². The number of fused-ring (bicyclic) bond motifs is 1. The minimum absolute atomic E-state index is 0.00302. The van der Waals surface area contributed by atoms with E-state index in [9.17, 15) is 18.0 Å². The van der Waals surface area contributed by atoms with Gasteiger partial charge in [-0.25, -0.2) is 8.42 Å². The molecule has 9 heteroatoms. The first-order valence-electron chi connectivity index (χ1n) is 10.9. The Hall–Kier alpha value is -2.78. The highest BCUT2D eigenvalue weighted by atomic mass is 32.2. The molecule has 0 radical (unpaired) electrons. The second-order valence-electron chi connectivity index (χ2n) is 7.90. The van der Waals surface area contributed by atoms with E-state index in [0.717, 1.165) is 15.8 Å². The van der Waals surface area contributed by atoms with E-state index in [0.29, 0.717) is 10.7 Å². The Kier molecular flexibility index (Phi) is 8.20. The van der Waals surface area contributed by atoms with Crippen LogP contribution in [0.5, 0.6) is 0 Å². The van der Waals surface area contributed by atoms with Gasteiger partial charge in [0.15, 0.2) is 14.6 Å². The van der Waals surface area contributed by atoms with Crippen LogP contribution in [0.4, 0.5) is 0 Å². The van der Waals surface area contributed by atoms with Crippen molar-refractivity contribution in [1.82, 2.24) is 4.57 Å². The van der Waals surface area contributed by atoms with Gasteiger partial charge in [-0.05, 0) is 49.1 Å². The number of esters is 1. The summed E-state index contributed by atoms with van der Waals surface area (Å²) in [5.74, 6) is -0.631. The van der Waals surface area contributed by atoms with E-state index in [2.05, 4.69) is 18.8 Å². The summed E-state index contributed by atoms with van der Waals surface area (Å²) in [5.41, 5.74) is 1.95. The molecule has 0 spiro atoms. The van der Waals surface area contributed by atoms with Crippen molar-refractivity contribution >= 4 is 43.3 Å². The molecule has 0 N–H and O–H groups in total. The molecule has 0 aliphatic heterocycles. The second kappa shape index (κ2) is 10.9. The molecule has 0 unspecified atom stereocenters. The average molecular weight is 489 g/mol. The number of rotatable bonds is 9. The highest BCUT2D eigenvalue weighted by Gasteiger charge is 2.16. The highest BCUT2D eigenvalue weighted by Crippen LogP contribution is 2.23. The number of sulfone groups is 1. The number of amides is 1. The van der Waals surface area contributed by atoms with Gasteiger partial charge in [0, 0.05) is 6.42 Å². The molecule has 0 saturated carbocycles. The standard InChI is InChI=1S/C24H28N2O5S2/c1-4-31-23(28)16-26-20-13-12-18(17(2)3)15-21(20)32-24(26)25-22(27)11-8-14-33(29,30)19-9-6-5-7-10-19/h5-7,9-10,12-13,15,17H,4,8,11,14,16H2,1-3H3. The molecule has 2 aromatic carbocycles. The normalized spacial score (nSPS) is 12.4. The fourth-order valence-corrected chi connectivity index (χ4v) is 5.77. The summed E-state index contributed by atoms with van der Waals surface area (Å²) in [6.45, 7) is 6.14. The predicted molar refractivity (Wildman–Crippen MR) is 129 cm³/mol. The molecular formula is C24H28N2O5S2. The third kappa shape index (κ3) is 6.39. The van der Waals surface area contributed by atoms with Crippen LogP contribution < -0.4 is 4.80 Å². The summed E-state index contributed by atoms with van der Waals surface area (Å²) in [6, 6.07) is 14.1. The molecule has 3 rings (SSSR count).